The highest BCUT2D eigenvalue weighted by atomic mass is 32.1. The number of methoxy groups -OCH3 is 1. The Bertz CT molecular complexity index is 863. The molecule has 0 atom stereocenters. The number of hydrogen-bond donors (Lipinski definition) is 2. The first-order valence-corrected chi connectivity index (χ1v) is 8.25. The summed E-state index contributed by atoms with van der Waals surface area (Å²) in [7, 11) is 1.56. The molecule has 0 fully saturated rings. The van der Waals surface area contributed by atoms with Crippen molar-refractivity contribution < 1.29 is 14.3 Å². The van der Waals surface area contributed by atoms with Gasteiger partial charge in [0.05, 0.1) is 29.6 Å². The van der Waals surface area contributed by atoms with Gasteiger partial charge in [-0.3, -0.25) is 5.32 Å². The van der Waals surface area contributed by atoms with E-state index in [2.05, 4.69) is 15.6 Å². The number of fused-ring (bicyclic) bond motifs is 1. The number of urea groups is 1. The van der Waals surface area contributed by atoms with Crippen molar-refractivity contribution in [1.29, 1.82) is 0 Å². The smallest absolute Gasteiger partial charge is 0.325 e. The predicted molar refractivity (Wildman–Crippen MR) is 96.4 cm³/mol. The van der Waals surface area contributed by atoms with Crippen molar-refractivity contribution in [2.45, 2.75) is 6.92 Å². The number of nitrogens with zero attached hydrogens (tertiary/aromatic N) is 1. The Hall–Kier alpha value is -2.80. The summed E-state index contributed by atoms with van der Waals surface area (Å²) in [6.45, 7) is 2.54. The topological polar surface area (TPSA) is 72.5 Å². The summed E-state index contributed by atoms with van der Waals surface area (Å²) >= 11 is 1.39. The molecule has 0 spiro atoms. The van der Waals surface area contributed by atoms with E-state index in [-0.39, 0.29) is 6.03 Å². The molecule has 0 radical (unpaired) electrons. The molecule has 24 heavy (non-hydrogen) atoms. The minimum absolute atomic E-state index is 0.372. The fraction of sp³-hybridized carbons (Fsp3) is 0.176. The third-order valence-corrected chi connectivity index (χ3v) is 4.18. The van der Waals surface area contributed by atoms with Gasteiger partial charge in [-0.2, -0.15) is 0 Å². The lowest BCUT2D eigenvalue weighted by atomic mass is 10.3. The van der Waals surface area contributed by atoms with Crippen LogP contribution in [0, 0.1) is 0 Å². The highest BCUT2D eigenvalue weighted by molar-refractivity contribution is 7.22. The number of thiazole rings is 1. The van der Waals surface area contributed by atoms with Crippen molar-refractivity contribution in [3.63, 3.8) is 0 Å². The number of para-hydroxylation sites is 2. The molecule has 6 nitrogen and oxygen atoms in total. The second kappa shape index (κ2) is 7.18. The summed E-state index contributed by atoms with van der Waals surface area (Å²) in [4.78, 5) is 16.6. The van der Waals surface area contributed by atoms with Gasteiger partial charge in [0.1, 0.15) is 11.5 Å². The Balaban J connectivity index is 1.73. The third kappa shape index (κ3) is 3.57. The van der Waals surface area contributed by atoms with Crippen LogP contribution in [-0.4, -0.2) is 24.7 Å². The SMILES string of the molecule is CCOc1ccc2nc(NC(=O)Nc3ccccc3OC)sc2c1. The summed E-state index contributed by atoms with van der Waals surface area (Å²) in [5, 5.41) is 6.02. The summed E-state index contributed by atoms with van der Waals surface area (Å²) in [6.07, 6.45) is 0. The maximum absolute atomic E-state index is 12.2. The van der Waals surface area contributed by atoms with Gasteiger partial charge in [-0.15, -0.1) is 0 Å². The van der Waals surface area contributed by atoms with Crippen molar-refractivity contribution in [3.05, 3.63) is 42.5 Å². The Morgan fingerprint density at radius 2 is 2.04 bits per heavy atom. The normalized spacial score (nSPS) is 10.4. The molecule has 1 heterocycles. The van der Waals surface area contributed by atoms with Crippen LogP contribution in [0.15, 0.2) is 42.5 Å². The van der Waals surface area contributed by atoms with Crippen molar-refractivity contribution in [2.24, 2.45) is 0 Å². The van der Waals surface area contributed by atoms with Crippen LogP contribution in [-0.2, 0) is 0 Å². The van der Waals surface area contributed by atoms with Crippen LogP contribution in [0.25, 0.3) is 10.2 Å². The number of ether oxygens (including phenoxy) is 2. The molecule has 0 aliphatic carbocycles. The van der Waals surface area contributed by atoms with E-state index >= 15 is 0 Å². The second-order valence-electron chi connectivity index (χ2n) is 4.86. The summed E-state index contributed by atoms with van der Waals surface area (Å²) in [5.74, 6) is 1.39. The molecular weight excluding hydrogens is 326 g/mol. The molecule has 2 aromatic carbocycles. The van der Waals surface area contributed by atoms with Crippen LogP contribution in [0.4, 0.5) is 15.6 Å². The first-order chi connectivity index (χ1) is 11.7. The maximum atomic E-state index is 12.2. The van der Waals surface area contributed by atoms with Crippen LogP contribution in [0.1, 0.15) is 6.92 Å². The van der Waals surface area contributed by atoms with Crippen LogP contribution >= 0.6 is 11.3 Å². The number of anilines is 2. The van der Waals surface area contributed by atoms with Crippen molar-refractivity contribution >= 4 is 38.4 Å². The number of nitrogens with one attached hydrogen (secondary N) is 2. The molecule has 2 N–H and O–H groups in total. The molecule has 3 aromatic rings. The van der Waals surface area contributed by atoms with E-state index in [9.17, 15) is 4.79 Å². The average molecular weight is 343 g/mol. The molecule has 0 saturated heterocycles. The standard InChI is InChI=1S/C17H17N3O3S/c1-3-23-11-8-9-13-15(10-11)24-17(19-13)20-16(21)18-12-6-4-5-7-14(12)22-2/h4-10H,3H2,1-2H3,(H2,18,19,20,21). The summed E-state index contributed by atoms with van der Waals surface area (Å²) in [6, 6.07) is 12.5. The molecule has 1 aromatic heterocycles. The maximum Gasteiger partial charge on any atom is 0.325 e. The largest absolute Gasteiger partial charge is 0.495 e. The van der Waals surface area contributed by atoms with Crippen molar-refractivity contribution in [3.8, 4) is 11.5 Å². The lowest BCUT2D eigenvalue weighted by Crippen LogP contribution is -2.19. The van der Waals surface area contributed by atoms with Crippen LogP contribution in [0.5, 0.6) is 11.5 Å². The van der Waals surface area contributed by atoms with E-state index in [0.29, 0.717) is 23.2 Å². The molecule has 0 bridgehead atoms. The molecule has 7 heteroatoms. The highest BCUT2D eigenvalue weighted by Crippen LogP contribution is 2.29. The van der Waals surface area contributed by atoms with Gasteiger partial charge in [-0.25, -0.2) is 9.78 Å². The van der Waals surface area contributed by atoms with Crippen LogP contribution in [0.3, 0.4) is 0 Å². The fourth-order valence-electron chi connectivity index (χ4n) is 2.21. The van der Waals surface area contributed by atoms with Gasteiger partial charge in [0.15, 0.2) is 5.13 Å². The second-order valence-corrected chi connectivity index (χ2v) is 5.89. The summed E-state index contributed by atoms with van der Waals surface area (Å²) < 4.78 is 11.6. The van der Waals surface area contributed by atoms with Gasteiger partial charge in [0, 0.05) is 0 Å². The number of carbonyl (C=O) groups is 1. The first kappa shape index (κ1) is 16.1. The van der Waals surface area contributed by atoms with E-state index < -0.39 is 0 Å². The monoisotopic (exact) mass is 343 g/mol. The molecule has 124 valence electrons. The van der Waals surface area contributed by atoms with Gasteiger partial charge >= 0.3 is 6.03 Å². The lowest BCUT2D eigenvalue weighted by molar-refractivity contribution is 0.262. The molecule has 0 aliphatic rings. The minimum atomic E-state index is -0.372. The zero-order chi connectivity index (χ0) is 16.9. The molecule has 0 unspecified atom stereocenters. The van der Waals surface area contributed by atoms with E-state index in [0.717, 1.165) is 16.0 Å². The van der Waals surface area contributed by atoms with Gasteiger partial charge in [0.25, 0.3) is 0 Å². The van der Waals surface area contributed by atoms with Crippen LogP contribution in [0.2, 0.25) is 0 Å². The molecule has 3 rings (SSSR count). The van der Waals surface area contributed by atoms with Gasteiger partial charge < -0.3 is 14.8 Å². The van der Waals surface area contributed by atoms with E-state index in [1.165, 1.54) is 11.3 Å². The summed E-state index contributed by atoms with van der Waals surface area (Å²) in [5.41, 5.74) is 1.41. The number of rotatable bonds is 5. The van der Waals surface area contributed by atoms with Crippen molar-refractivity contribution in [1.82, 2.24) is 4.98 Å². The Morgan fingerprint density at radius 3 is 2.83 bits per heavy atom. The van der Waals surface area contributed by atoms with E-state index in [1.54, 1.807) is 19.2 Å². The van der Waals surface area contributed by atoms with Gasteiger partial charge in [-0.1, -0.05) is 23.5 Å². The minimum Gasteiger partial charge on any atom is -0.495 e. The van der Waals surface area contributed by atoms with Gasteiger partial charge in [0.2, 0.25) is 0 Å². The Kier molecular flexibility index (Phi) is 4.81. The highest BCUT2D eigenvalue weighted by Gasteiger charge is 2.10. The number of amides is 2. The lowest BCUT2D eigenvalue weighted by Gasteiger charge is -2.09. The fourth-order valence-corrected chi connectivity index (χ4v) is 3.10. The number of benzene rings is 2. The van der Waals surface area contributed by atoms with Crippen molar-refractivity contribution in [2.75, 3.05) is 24.4 Å². The number of aromatic nitrogens is 1. The molecule has 2 amide bonds. The quantitative estimate of drug-likeness (QED) is 0.722. The van der Waals surface area contributed by atoms with Gasteiger partial charge in [-0.05, 0) is 37.3 Å². The molecule has 0 aliphatic heterocycles. The van der Waals surface area contributed by atoms with Crippen LogP contribution < -0.4 is 20.1 Å². The zero-order valence-electron chi connectivity index (χ0n) is 13.3. The number of hydrogen-bond acceptors (Lipinski definition) is 5. The molecule has 0 saturated carbocycles. The zero-order valence-corrected chi connectivity index (χ0v) is 14.1. The predicted octanol–water partition coefficient (Wildman–Crippen LogP) is 4.35. The average Bonchev–Trinajstić information content (AvgIpc) is 2.97. The molecular formula is C17H17N3O3S. The van der Waals surface area contributed by atoms with E-state index in [1.807, 2.05) is 37.3 Å². The third-order valence-electron chi connectivity index (χ3n) is 3.25. The van der Waals surface area contributed by atoms with E-state index in [4.69, 9.17) is 9.47 Å². The first-order valence-electron chi connectivity index (χ1n) is 7.44. The Morgan fingerprint density at radius 1 is 1.21 bits per heavy atom. The number of carbonyl (C=O) groups excluding carboxylic acids is 1. The Labute approximate surface area is 143 Å².